The van der Waals surface area contributed by atoms with Crippen molar-refractivity contribution < 1.29 is 0 Å². The van der Waals surface area contributed by atoms with Gasteiger partial charge in [0.25, 0.3) is 0 Å². The van der Waals surface area contributed by atoms with Gasteiger partial charge in [0, 0.05) is 12.8 Å². The van der Waals surface area contributed by atoms with Crippen LogP contribution in [-0.2, 0) is 0 Å². The number of nitrogens with zero attached hydrogens (tertiary/aromatic N) is 2. The fourth-order valence-electron chi connectivity index (χ4n) is 0.705. The van der Waals surface area contributed by atoms with Gasteiger partial charge in [-0.05, 0) is 20.9 Å². The van der Waals surface area contributed by atoms with Gasteiger partial charge in [0.1, 0.15) is 6.29 Å². The second kappa shape index (κ2) is 4.24. The fourth-order valence-corrected chi connectivity index (χ4v) is 0.705. The smallest absolute Gasteiger partial charge is 0.148 e. The summed E-state index contributed by atoms with van der Waals surface area (Å²) in [5.41, 5.74) is 5.61. The van der Waals surface area contributed by atoms with Crippen molar-refractivity contribution in [3.8, 4) is 0 Å². The van der Waals surface area contributed by atoms with Gasteiger partial charge in [0.05, 0.1) is 0 Å². The Morgan fingerprint density at radius 1 is 1.60 bits per heavy atom. The van der Waals surface area contributed by atoms with Crippen molar-refractivity contribution in [3.63, 3.8) is 0 Å². The van der Waals surface area contributed by atoms with E-state index in [-0.39, 0.29) is 12.3 Å². The predicted molar refractivity (Wildman–Crippen MR) is 43.6 cm³/mol. The molecule has 4 nitrogen and oxygen atoms in total. The highest BCUT2D eigenvalue weighted by Crippen LogP contribution is 1.97. The van der Waals surface area contributed by atoms with Crippen molar-refractivity contribution >= 4 is 6.72 Å². The number of rotatable bonds is 4. The summed E-state index contributed by atoms with van der Waals surface area (Å²) in [5, 5.41) is 8.32. The molecule has 0 radical (unpaired) electrons. The van der Waals surface area contributed by atoms with Crippen LogP contribution >= 0.6 is 0 Å². The molecule has 0 aliphatic carbocycles. The van der Waals surface area contributed by atoms with Crippen molar-refractivity contribution in [1.82, 2.24) is 10.3 Å². The van der Waals surface area contributed by atoms with Crippen molar-refractivity contribution in [3.05, 3.63) is 0 Å². The molecule has 10 heavy (non-hydrogen) atoms. The zero-order chi connectivity index (χ0) is 8.15. The monoisotopic (exact) mass is 144 g/mol. The minimum Gasteiger partial charge on any atom is -0.298 e. The maximum absolute atomic E-state index is 5.61. The Kier molecular flexibility index (Phi) is 3.99. The van der Waals surface area contributed by atoms with Gasteiger partial charge in [-0.3, -0.25) is 16.1 Å². The van der Waals surface area contributed by atoms with Crippen LogP contribution in [0.25, 0.3) is 0 Å². The van der Waals surface area contributed by atoms with E-state index in [1.807, 2.05) is 13.8 Å². The number of nitrogens with two attached hydrogens (primary N) is 1. The van der Waals surface area contributed by atoms with Gasteiger partial charge in [-0.15, -0.1) is 0 Å². The minimum atomic E-state index is -0.238. The van der Waals surface area contributed by atoms with Gasteiger partial charge >= 0.3 is 0 Å². The zero-order valence-electron chi connectivity index (χ0n) is 6.83. The summed E-state index contributed by atoms with van der Waals surface area (Å²) >= 11 is 0. The molecule has 1 unspecified atom stereocenters. The van der Waals surface area contributed by atoms with Crippen molar-refractivity contribution in [1.29, 1.82) is 0 Å². The Morgan fingerprint density at radius 3 is 2.20 bits per heavy atom. The summed E-state index contributed by atoms with van der Waals surface area (Å²) in [7, 11) is 1.78. The normalized spacial score (nSPS) is 13.3. The van der Waals surface area contributed by atoms with Gasteiger partial charge in [0.2, 0.25) is 0 Å². The van der Waals surface area contributed by atoms with E-state index < -0.39 is 0 Å². The maximum Gasteiger partial charge on any atom is 0.148 e. The summed E-state index contributed by atoms with van der Waals surface area (Å²) in [5.74, 6) is 0. The van der Waals surface area contributed by atoms with Gasteiger partial charge in [-0.25, -0.2) is 0 Å². The van der Waals surface area contributed by atoms with Gasteiger partial charge in [-0.1, -0.05) is 0 Å². The van der Waals surface area contributed by atoms with E-state index in [9.17, 15) is 0 Å². The minimum absolute atomic E-state index is 0.238. The highest BCUT2D eigenvalue weighted by Gasteiger charge is 2.11. The third-order valence-corrected chi connectivity index (χ3v) is 1.27. The van der Waals surface area contributed by atoms with Crippen molar-refractivity contribution in [2.75, 3.05) is 7.05 Å². The average Bonchev–Trinajstić information content (AvgIpc) is 1.88. The first kappa shape index (κ1) is 9.39. The second-order valence-corrected chi connectivity index (χ2v) is 2.35. The van der Waals surface area contributed by atoms with E-state index in [4.69, 9.17) is 5.73 Å². The molecule has 0 saturated heterocycles. The van der Waals surface area contributed by atoms with Crippen LogP contribution in [0.4, 0.5) is 0 Å². The molecule has 0 spiro atoms. The molecule has 0 heterocycles. The fraction of sp³-hybridized carbons (Fsp3) is 0.833. The number of hydrazone groups is 1. The molecule has 60 valence electrons. The first-order valence-electron chi connectivity index (χ1n) is 3.31. The van der Waals surface area contributed by atoms with E-state index in [1.165, 1.54) is 0 Å². The lowest BCUT2D eigenvalue weighted by molar-refractivity contribution is 0.144. The van der Waals surface area contributed by atoms with E-state index in [2.05, 4.69) is 17.1 Å². The van der Waals surface area contributed by atoms with Crippen LogP contribution in [0.2, 0.25) is 0 Å². The van der Waals surface area contributed by atoms with E-state index in [0.29, 0.717) is 0 Å². The second-order valence-electron chi connectivity index (χ2n) is 2.35. The van der Waals surface area contributed by atoms with E-state index >= 15 is 0 Å². The molecule has 0 bridgehead atoms. The van der Waals surface area contributed by atoms with Crippen LogP contribution in [0.15, 0.2) is 5.10 Å². The third-order valence-electron chi connectivity index (χ3n) is 1.27. The molecule has 0 fully saturated rings. The lowest BCUT2D eigenvalue weighted by Gasteiger charge is -2.28. The van der Waals surface area contributed by atoms with Crippen LogP contribution < -0.4 is 11.1 Å². The predicted octanol–water partition coefficient (Wildman–Crippen LogP) is -0.226. The highest BCUT2D eigenvalue weighted by atomic mass is 15.5. The Bertz CT molecular complexity index is 102. The number of hydrogen-bond donors (Lipinski definition) is 2. The van der Waals surface area contributed by atoms with E-state index in [0.717, 1.165) is 0 Å². The molecule has 0 aliphatic rings. The molecule has 0 aromatic carbocycles. The molecule has 3 N–H and O–H groups in total. The summed E-state index contributed by atoms with van der Waals surface area (Å²) in [6.45, 7) is 7.42. The topological polar surface area (TPSA) is 53.6 Å². The Hall–Kier alpha value is -0.610. The largest absolute Gasteiger partial charge is 0.298 e. The van der Waals surface area contributed by atoms with Gasteiger partial charge in [-0.2, -0.15) is 5.10 Å². The molecule has 0 aliphatic heterocycles. The summed E-state index contributed by atoms with van der Waals surface area (Å²) in [6.07, 6.45) is -0.238. The van der Waals surface area contributed by atoms with Crippen LogP contribution in [0.5, 0.6) is 0 Å². The molecular formula is C6H16N4. The summed E-state index contributed by atoms with van der Waals surface area (Å²) in [6, 6.07) is 0.278. The SMILES string of the molecule is C=NN(C(C)C)C(N)NC. The first-order valence-corrected chi connectivity index (χ1v) is 3.31. The number of nitrogens with one attached hydrogen (secondary N) is 1. The first-order chi connectivity index (χ1) is 4.63. The van der Waals surface area contributed by atoms with Crippen LogP contribution in [0, 0.1) is 0 Å². The Labute approximate surface area is 62.1 Å². The molecular weight excluding hydrogens is 128 g/mol. The van der Waals surface area contributed by atoms with Crippen molar-refractivity contribution in [2.24, 2.45) is 10.8 Å². The maximum atomic E-state index is 5.61. The van der Waals surface area contributed by atoms with Gasteiger partial charge < -0.3 is 0 Å². The standard InChI is InChI=1S/C6H16N4/c1-5(2)10(9-4)6(7)8-3/h5-6,8H,4,7H2,1-3H3. The average molecular weight is 144 g/mol. The molecule has 0 aromatic heterocycles. The molecule has 1 atom stereocenters. The number of hydrogen-bond acceptors (Lipinski definition) is 4. The van der Waals surface area contributed by atoms with Crippen LogP contribution in [0.1, 0.15) is 13.8 Å². The Morgan fingerprint density at radius 2 is 2.10 bits per heavy atom. The van der Waals surface area contributed by atoms with Crippen LogP contribution in [0.3, 0.4) is 0 Å². The molecule has 4 heteroatoms. The molecule has 0 saturated carbocycles. The lowest BCUT2D eigenvalue weighted by atomic mass is 10.4. The quantitative estimate of drug-likeness (QED) is 0.326. The molecule has 0 aromatic rings. The molecule has 0 rings (SSSR count). The third kappa shape index (κ3) is 2.33. The van der Waals surface area contributed by atoms with E-state index in [1.54, 1.807) is 12.1 Å². The van der Waals surface area contributed by atoms with Crippen LogP contribution in [-0.4, -0.2) is 31.1 Å². The Balaban J connectivity index is 3.92. The molecule has 0 amide bonds. The van der Waals surface area contributed by atoms with Crippen molar-refractivity contribution in [2.45, 2.75) is 26.2 Å². The summed E-state index contributed by atoms with van der Waals surface area (Å²) < 4.78 is 0. The van der Waals surface area contributed by atoms with Gasteiger partial charge in [0.15, 0.2) is 0 Å². The summed E-state index contributed by atoms with van der Waals surface area (Å²) in [4.78, 5) is 0. The zero-order valence-corrected chi connectivity index (χ0v) is 6.83. The highest BCUT2D eigenvalue weighted by molar-refractivity contribution is 5.22. The lowest BCUT2D eigenvalue weighted by Crippen LogP contribution is -2.50.